The van der Waals surface area contributed by atoms with Gasteiger partial charge in [-0.3, -0.25) is 4.79 Å². The second kappa shape index (κ2) is 10.6. The van der Waals surface area contributed by atoms with Crippen LogP contribution in [0.15, 0.2) is 42.7 Å². The number of hydrogen-bond acceptors (Lipinski definition) is 5. The third-order valence-corrected chi connectivity index (χ3v) is 6.04. The van der Waals surface area contributed by atoms with Gasteiger partial charge >= 0.3 is 5.92 Å². The van der Waals surface area contributed by atoms with Crippen LogP contribution in [0.5, 0.6) is 11.5 Å². The molecule has 1 saturated heterocycles. The van der Waals surface area contributed by atoms with Gasteiger partial charge in [0.15, 0.2) is 11.5 Å². The van der Waals surface area contributed by atoms with Crippen LogP contribution in [0.2, 0.25) is 5.02 Å². The molecule has 0 spiro atoms. The zero-order valence-electron chi connectivity index (χ0n) is 18.7. The van der Waals surface area contributed by atoms with E-state index in [4.69, 9.17) is 21.1 Å². The first kappa shape index (κ1) is 24.2. The number of alkyl halides is 2. The van der Waals surface area contributed by atoms with Crippen molar-refractivity contribution in [2.75, 3.05) is 32.8 Å². The molecule has 3 aromatic rings. The molecule has 1 fully saturated rings. The predicted octanol–water partition coefficient (Wildman–Crippen LogP) is 4.05. The van der Waals surface area contributed by atoms with Crippen LogP contribution < -0.4 is 15.2 Å². The maximum Gasteiger partial charge on any atom is 0.351 e. The Morgan fingerprint density at radius 2 is 1.85 bits per heavy atom. The standard InChI is InChI=1S/C15H21NO2.C9H6ClF2N3O/c1-2-8-16(7-1)9-3-4-13-5-6-14-15(12-13)18-11-10-17-14;10-6-2-7-1-5(4-15(7)14-3-6)9(11,12)8(13)16/h5-6,12H,1-4,7-11H2;1-4H,(H2,13,16). The number of primary amides is 1. The number of ether oxygens (including phenoxy) is 2. The predicted molar refractivity (Wildman–Crippen MR) is 125 cm³/mol. The molecule has 0 radical (unpaired) electrons. The lowest BCUT2D eigenvalue weighted by Crippen LogP contribution is -2.32. The van der Waals surface area contributed by atoms with Crippen LogP contribution in [0.25, 0.3) is 5.52 Å². The number of nitrogens with two attached hydrogens (primary N) is 1. The van der Waals surface area contributed by atoms with Crippen LogP contribution in [0, 0.1) is 0 Å². The summed E-state index contributed by atoms with van der Waals surface area (Å²) >= 11 is 5.65. The van der Waals surface area contributed by atoms with Crippen molar-refractivity contribution in [2.24, 2.45) is 5.73 Å². The summed E-state index contributed by atoms with van der Waals surface area (Å²) in [6, 6.07) is 8.91. The molecule has 7 nitrogen and oxygen atoms in total. The van der Waals surface area contributed by atoms with Crippen LogP contribution in [-0.2, 0) is 17.1 Å². The summed E-state index contributed by atoms with van der Waals surface area (Å²) in [7, 11) is 0. The topological polar surface area (TPSA) is 82.1 Å². The quantitative estimate of drug-likeness (QED) is 0.561. The summed E-state index contributed by atoms with van der Waals surface area (Å²) in [6.45, 7) is 5.16. The summed E-state index contributed by atoms with van der Waals surface area (Å²) in [4.78, 5) is 13.1. The highest BCUT2D eigenvalue weighted by molar-refractivity contribution is 6.30. The molecular formula is C24H27ClF2N4O3. The number of carbonyl (C=O) groups is 1. The molecule has 2 aromatic heterocycles. The molecule has 1 amide bonds. The van der Waals surface area contributed by atoms with Gasteiger partial charge in [0.1, 0.15) is 13.2 Å². The number of likely N-dealkylation sites (tertiary alicyclic amines) is 1. The van der Waals surface area contributed by atoms with E-state index in [1.54, 1.807) is 0 Å². The van der Waals surface area contributed by atoms with Crippen molar-refractivity contribution in [2.45, 2.75) is 31.6 Å². The van der Waals surface area contributed by atoms with E-state index in [0.717, 1.165) is 30.2 Å². The van der Waals surface area contributed by atoms with Gasteiger partial charge in [-0.1, -0.05) is 17.7 Å². The Labute approximate surface area is 201 Å². The molecule has 4 heterocycles. The molecule has 0 saturated carbocycles. The van der Waals surface area contributed by atoms with E-state index < -0.39 is 17.4 Å². The van der Waals surface area contributed by atoms with E-state index in [0.29, 0.717) is 23.8 Å². The molecule has 182 valence electrons. The number of aromatic nitrogens is 2. The number of benzene rings is 1. The minimum atomic E-state index is -3.71. The van der Waals surface area contributed by atoms with E-state index in [1.165, 1.54) is 61.2 Å². The molecule has 5 rings (SSSR count). The molecule has 2 N–H and O–H groups in total. The highest BCUT2D eigenvalue weighted by Gasteiger charge is 2.39. The molecule has 34 heavy (non-hydrogen) atoms. The Hall–Kier alpha value is -2.91. The first-order chi connectivity index (χ1) is 16.3. The number of fused-ring (bicyclic) bond motifs is 2. The Balaban J connectivity index is 0.000000162. The van der Waals surface area contributed by atoms with Crippen LogP contribution in [0.4, 0.5) is 8.78 Å². The van der Waals surface area contributed by atoms with E-state index in [9.17, 15) is 13.6 Å². The fourth-order valence-corrected chi connectivity index (χ4v) is 4.20. The van der Waals surface area contributed by atoms with Gasteiger partial charge in [0.25, 0.3) is 5.91 Å². The zero-order valence-corrected chi connectivity index (χ0v) is 19.4. The van der Waals surface area contributed by atoms with Crippen molar-refractivity contribution in [1.29, 1.82) is 0 Å². The van der Waals surface area contributed by atoms with Gasteiger partial charge in [-0.15, -0.1) is 0 Å². The van der Waals surface area contributed by atoms with Gasteiger partial charge < -0.3 is 20.1 Å². The van der Waals surface area contributed by atoms with E-state index >= 15 is 0 Å². The molecule has 0 aliphatic carbocycles. The highest BCUT2D eigenvalue weighted by atomic mass is 35.5. The summed E-state index contributed by atoms with van der Waals surface area (Å²) in [6.07, 6.45) is 7.47. The lowest BCUT2D eigenvalue weighted by atomic mass is 10.1. The molecule has 0 atom stereocenters. The molecule has 0 bridgehead atoms. The lowest BCUT2D eigenvalue weighted by Gasteiger charge is -2.19. The normalized spacial score (nSPS) is 15.7. The van der Waals surface area contributed by atoms with E-state index in [1.807, 2.05) is 6.07 Å². The second-order valence-electron chi connectivity index (χ2n) is 8.34. The van der Waals surface area contributed by atoms with Crippen molar-refractivity contribution in [3.8, 4) is 11.5 Å². The minimum Gasteiger partial charge on any atom is -0.486 e. The fraction of sp³-hybridized carbons (Fsp3) is 0.417. The summed E-state index contributed by atoms with van der Waals surface area (Å²) in [5.41, 5.74) is 5.83. The second-order valence-corrected chi connectivity index (χ2v) is 8.78. The van der Waals surface area contributed by atoms with Crippen LogP contribution >= 0.6 is 11.6 Å². The van der Waals surface area contributed by atoms with Crippen molar-refractivity contribution < 1.29 is 23.0 Å². The number of halogens is 3. The van der Waals surface area contributed by atoms with E-state index in [2.05, 4.69) is 27.9 Å². The average molecular weight is 493 g/mol. The molecule has 0 unspecified atom stereocenters. The Kier molecular flexibility index (Phi) is 7.53. The zero-order chi connectivity index (χ0) is 24.1. The van der Waals surface area contributed by atoms with Crippen LogP contribution in [0.3, 0.4) is 0 Å². The largest absolute Gasteiger partial charge is 0.486 e. The van der Waals surface area contributed by atoms with E-state index in [-0.39, 0.29) is 0 Å². The molecule has 10 heteroatoms. The number of rotatable bonds is 6. The third kappa shape index (κ3) is 5.77. The summed E-state index contributed by atoms with van der Waals surface area (Å²) in [5.74, 6) is -3.60. The first-order valence-corrected chi connectivity index (χ1v) is 11.6. The van der Waals surface area contributed by atoms with Crippen molar-refractivity contribution in [3.63, 3.8) is 0 Å². The third-order valence-electron chi connectivity index (χ3n) is 5.84. The van der Waals surface area contributed by atoms with Gasteiger partial charge in [-0.2, -0.15) is 13.9 Å². The molecular weight excluding hydrogens is 466 g/mol. The number of hydrogen-bond donors (Lipinski definition) is 1. The Morgan fingerprint density at radius 1 is 1.12 bits per heavy atom. The fourth-order valence-electron chi connectivity index (χ4n) is 4.04. The van der Waals surface area contributed by atoms with Gasteiger partial charge in [0.2, 0.25) is 0 Å². The van der Waals surface area contributed by atoms with Gasteiger partial charge in [-0.05, 0) is 75.1 Å². The average Bonchev–Trinajstić information content (AvgIpc) is 3.49. The van der Waals surface area contributed by atoms with Gasteiger partial charge in [-0.25, -0.2) is 4.52 Å². The van der Waals surface area contributed by atoms with Crippen molar-refractivity contribution in [3.05, 3.63) is 58.9 Å². The van der Waals surface area contributed by atoms with Gasteiger partial charge in [0, 0.05) is 6.20 Å². The maximum atomic E-state index is 13.3. The van der Waals surface area contributed by atoms with Crippen LogP contribution in [0.1, 0.15) is 30.4 Å². The number of carbonyl (C=O) groups excluding carboxylic acids is 1. The number of aryl methyl sites for hydroxylation is 1. The molecule has 1 aromatic carbocycles. The summed E-state index contributed by atoms with van der Waals surface area (Å²) < 4.78 is 38.9. The summed E-state index contributed by atoms with van der Waals surface area (Å²) in [5, 5.41) is 4.09. The highest BCUT2D eigenvalue weighted by Crippen LogP contribution is 2.31. The first-order valence-electron chi connectivity index (χ1n) is 11.3. The monoisotopic (exact) mass is 492 g/mol. The van der Waals surface area contributed by atoms with Crippen LogP contribution in [-0.4, -0.2) is 53.3 Å². The van der Waals surface area contributed by atoms with Crippen molar-refractivity contribution >= 4 is 23.0 Å². The smallest absolute Gasteiger partial charge is 0.351 e. The molecule has 2 aliphatic heterocycles. The lowest BCUT2D eigenvalue weighted by molar-refractivity contribution is -0.143. The number of amides is 1. The Morgan fingerprint density at radius 3 is 2.59 bits per heavy atom. The SMILES string of the molecule is NC(=O)C(F)(F)c1cc2cc(Cl)cnn2c1.c1cc2c(cc1CCCN1CCCC1)OCCO2. The molecule has 2 aliphatic rings. The minimum absolute atomic E-state index is 0.319. The van der Waals surface area contributed by atoms with Crippen molar-refractivity contribution in [1.82, 2.24) is 14.5 Å². The number of nitrogens with zero attached hydrogens (tertiary/aromatic N) is 3. The Bertz CT molecular complexity index is 1150. The van der Waals surface area contributed by atoms with Gasteiger partial charge in [0.05, 0.1) is 22.3 Å². The maximum absolute atomic E-state index is 13.3.